The zero-order valence-electron chi connectivity index (χ0n) is 9.43. The number of H-pyrrole nitrogens is 1. The first-order valence-electron chi connectivity index (χ1n) is 5.51. The molecule has 0 unspecified atom stereocenters. The molecule has 0 aliphatic rings. The summed E-state index contributed by atoms with van der Waals surface area (Å²) in [4.78, 5) is 0. The van der Waals surface area contributed by atoms with Gasteiger partial charge in [-0.15, -0.1) is 0 Å². The van der Waals surface area contributed by atoms with Crippen LogP contribution in [0.15, 0.2) is 47.2 Å². The average Bonchev–Trinajstić information content (AvgIpc) is 2.79. The van der Waals surface area contributed by atoms with E-state index in [1.807, 2.05) is 16.7 Å². The molecular weight excluding hydrogens is 310 g/mol. The summed E-state index contributed by atoms with van der Waals surface area (Å²) in [5.74, 6) is 0. The van der Waals surface area contributed by atoms with Gasteiger partial charge in [0.05, 0.1) is 6.54 Å². The van der Waals surface area contributed by atoms with Gasteiger partial charge in [0, 0.05) is 4.47 Å². The van der Waals surface area contributed by atoms with E-state index in [0.29, 0.717) is 4.77 Å². The van der Waals surface area contributed by atoms with Crippen molar-refractivity contribution in [1.82, 2.24) is 14.8 Å². The van der Waals surface area contributed by atoms with Crippen molar-refractivity contribution in [3.63, 3.8) is 0 Å². The number of nitrogens with one attached hydrogen (secondary N) is 1. The average molecular weight is 320 g/mol. The van der Waals surface area contributed by atoms with E-state index >= 15 is 0 Å². The molecule has 0 spiro atoms. The van der Waals surface area contributed by atoms with E-state index in [4.69, 9.17) is 12.2 Å². The monoisotopic (exact) mass is 319 g/mol. The van der Waals surface area contributed by atoms with Gasteiger partial charge in [0.2, 0.25) is 0 Å². The fraction of sp³-hybridized carbons (Fsp3) is 0.0769. The maximum atomic E-state index is 5.17. The molecule has 0 amide bonds. The van der Waals surface area contributed by atoms with Gasteiger partial charge in [-0.05, 0) is 34.6 Å². The van der Waals surface area contributed by atoms with Crippen LogP contribution in [0, 0.1) is 4.77 Å². The number of aromatic amines is 1. The maximum Gasteiger partial charge on any atom is 0.195 e. The van der Waals surface area contributed by atoms with Crippen molar-refractivity contribution in [3.05, 3.63) is 57.5 Å². The van der Waals surface area contributed by atoms with Crippen molar-refractivity contribution < 1.29 is 0 Å². The van der Waals surface area contributed by atoms with Crippen LogP contribution in [0.25, 0.3) is 10.8 Å². The first kappa shape index (κ1) is 11.6. The molecule has 90 valence electrons. The second-order valence-corrected chi connectivity index (χ2v) is 5.28. The largest absolute Gasteiger partial charge is 0.302 e. The van der Waals surface area contributed by atoms with E-state index < -0.39 is 0 Å². The fourth-order valence-electron chi connectivity index (χ4n) is 2.03. The first-order chi connectivity index (χ1) is 8.75. The molecule has 3 nitrogen and oxygen atoms in total. The van der Waals surface area contributed by atoms with Crippen LogP contribution in [0.4, 0.5) is 0 Å². The Kier molecular flexibility index (Phi) is 3.01. The van der Waals surface area contributed by atoms with Gasteiger partial charge in [-0.25, -0.2) is 0 Å². The van der Waals surface area contributed by atoms with Crippen molar-refractivity contribution in [3.8, 4) is 0 Å². The molecule has 0 bridgehead atoms. The third kappa shape index (κ3) is 2.00. The van der Waals surface area contributed by atoms with E-state index in [0.717, 1.165) is 11.0 Å². The van der Waals surface area contributed by atoms with Crippen LogP contribution in [0.2, 0.25) is 0 Å². The molecule has 0 atom stereocenters. The molecule has 0 radical (unpaired) electrons. The molecule has 5 heteroatoms. The summed E-state index contributed by atoms with van der Waals surface area (Å²) in [6, 6.07) is 12.5. The minimum Gasteiger partial charge on any atom is -0.302 e. The Balaban J connectivity index is 2.16. The molecule has 18 heavy (non-hydrogen) atoms. The van der Waals surface area contributed by atoms with Crippen LogP contribution < -0.4 is 0 Å². The fourth-order valence-corrected chi connectivity index (χ4v) is 2.67. The Labute approximate surface area is 118 Å². The highest BCUT2D eigenvalue weighted by Crippen LogP contribution is 2.27. The Hall–Kier alpha value is -1.46. The summed E-state index contributed by atoms with van der Waals surface area (Å²) in [5.41, 5.74) is 1.23. The summed E-state index contributed by atoms with van der Waals surface area (Å²) in [6.45, 7) is 0.725. The topological polar surface area (TPSA) is 33.6 Å². The number of fused-ring (bicyclic) bond motifs is 1. The summed E-state index contributed by atoms with van der Waals surface area (Å²) in [6.07, 6.45) is 1.72. The molecule has 1 N–H and O–H groups in total. The maximum absolute atomic E-state index is 5.17. The van der Waals surface area contributed by atoms with Gasteiger partial charge in [0.25, 0.3) is 0 Å². The lowest BCUT2D eigenvalue weighted by atomic mass is 10.0. The van der Waals surface area contributed by atoms with E-state index in [-0.39, 0.29) is 0 Å². The molecule has 1 heterocycles. The number of halogens is 1. The third-order valence-corrected chi connectivity index (χ3v) is 3.94. The highest BCUT2D eigenvalue weighted by atomic mass is 79.9. The first-order valence-corrected chi connectivity index (χ1v) is 6.72. The zero-order valence-corrected chi connectivity index (χ0v) is 11.8. The van der Waals surface area contributed by atoms with Gasteiger partial charge >= 0.3 is 0 Å². The molecule has 1 aromatic heterocycles. The van der Waals surface area contributed by atoms with Crippen molar-refractivity contribution in [1.29, 1.82) is 0 Å². The number of nitrogens with zero attached hydrogens (tertiary/aromatic N) is 2. The van der Waals surface area contributed by atoms with Gasteiger partial charge in [0.15, 0.2) is 4.77 Å². The summed E-state index contributed by atoms with van der Waals surface area (Å²) in [5, 5.41) is 9.15. The van der Waals surface area contributed by atoms with E-state index in [1.165, 1.54) is 16.3 Å². The predicted octanol–water partition coefficient (Wildman–Crippen LogP) is 3.90. The lowest BCUT2D eigenvalue weighted by Crippen LogP contribution is -1.99. The summed E-state index contributed by atoms with van der Waals surface area (Å²) < 4.78 is 3.67. The molecule has 0 aliphatic carbocycles. The summed E-state index contributed by atoms with van der Waals surface area (Å²) in [7, 11) is 0. The minimum absolute atomic E-state index is 0.641. The van der Waals surface area contributed by atoms with Gasteiger partial charge < -0.3 is 4.57 Å². The number of aromatic nitrogens is 3. The van der Waals surface area contributed by atoms with Crippen LogP contribution in [0.1, 0.15) is 5.56 Å². The third-order valence-electron chi connectivity index (χ3n) is 2.92. The van der Waals surface area contributed by atoms with Crippen LogP contribution >= 0.6 is 28.1 Å². The Bertz CT molecular complexity index is 760. The summed E-state index contributed by atoms with van der Waals surface area (Å²) >= 11 is 8.75. The van der Waals surface area contributed by atoms with Crippen molar-refractivity contribution >= 4 is 38.9 Å². The smallest absolute Gasteiger partial charge is 0.195 e. The highest BCUT2D eigenvalue weighted by Gasteiger charge is 2.05. The van der Waals surface area contributed by atoms with Crippen molar-refractivity contribution in [2.24, 2.45) is 0 Å². The van der Waals surface area contributed by atoms with Crippen LogP contribution in [-0.4, -0.2) is 14.8 Å². The van der Waals surface area contributed by atoms with E-state index in [2.05, 4.69) is 50.4 Å². The second-order valence-electron chi connectivity index (χ2n) is 4.04. The molecule has 0 saturated heterocycles. The van der Waals surface area contributed by atoms with Crippen molar-refractivity contribution in [2.45, 2.75) is 6.54 Å². The predicted molar refractivity (Wildman–Crippen MR) is 78.2 cm³/mol. The zero-order chi connectivity index (χ0) is 12.5. The Morgan fingerprint density at radius 2 is 1.94 bits per heavy atom. The number of hydrogen-bond acceptors (Lipinski definition) is 2. The molecule has 0 saturated carbocycles. The molecule has 0 aliphatic heterocycles. The molecular formula is C13H10BrN3S. The number of benzene rings is 2. The standard InChI is InChI=1S/C13H10BrN3S/c14-12-6-5-9(7-17-8-15-16-13(17)18)10-3-1-2-4-11(10)12/h1-6,8H,7H2,(H,16,18). The molecule has 3 rings (SSSR count). The van der Waals surface area contributed by atoms with Gasteiger partial charge in [-0.1, -0.05) is 46.3 Å². The van der Waals surface area contributed by atoms with Crippen molar-refractivity contribution in [2.75, 3.05) is 0 Å². The normalized spacial score (nSPS) is 10.9. The number of rotatable bonds is 2. The van der Waals surface area contributed by atoms with Gasteiger partial charge in [-0.3, -0.25) is 5.10 Å². The van der Waals surface area contributed by atoms with Crippen LogP contribution in [-0.2, 0) is 6.54 Å². The molecule has 0 fully saturated rings. The van der Waals surface area contributed by atoms with Gasteiger partial charge in [-0.2, -0.15) is 5.10 Å². The van der Waals surface area contributed by atoms with E-state index in [1.54, 1.807) is 6.33 Å². The van der Waals surface area contributed by atoms with Crippen LogP contribution in [0.5, 0.6) is 0 Å². The minimum atomic E-state index is 0.641. The van der Waals surface area contributed by atoms with E-state index in [9.17, 15) is 0 Å². The lowest BCUT2D eigenvalue weighted by molar-refractivity contribution is 0.787. The Morgan fingerprint density at radius 3 is 2.67 bits per heavy atom. The SMILES string of the molecule is S=c1[nH]ncn1Cc1ccc(Br)c2ccccc12. The quantitative estimate of drug-likeness (QED) is 0.727. The highest BCUT2D eigenvalue weighted by molar-refractivity contribution is 9.10. The number of hydrogen-bond donors (Lipinski definition) is 1. The molecule has 3 aromatic rings. The van der Waals surface area contributed by atoms with Gasteiger partial charge in [0.1, 0.15) is 6.33 Å². The second kappa shape index (κ2) is 4.66. The lowest BCUT2D eigenvalue weighted by Gasteiger charge is -2.08. The molecule has 2 aromatic carbocycles. The Morgan fingerprint density at radius 1 is 1.17 bits per heavy atom. The van der Waals surface area contributed by atoms with Crippen LogP contribution in [0.3, 0.4) is 0 Å².